The van der Waals surface area contributed by atoms with E-state index >= 15 is 0 Å². The lowest BCUT2D eigenvalue weighted by atomic mass is 10.1. The van der Waals surface area contributed by atoms with Crippen molar-refractivity contribution in [1.29, 1.82) is 0 Å². The molecule has 6 heteroatoms. The molecule has 0 saturated heterocycles. The van der Waals surface area contributed by atoms with Crippen LogP contribution in [0.15, 0.2) is 22.6 Å². The topological polar surface area (TPSA) is 64.9 Å². The summed E-state index contributed by atoms with van der Waals surface area (Å²) in [7, 11) is 0. The molecule has 0 aliphatic heterocycles. The summed E-state index contributed by atoms with van der Waals surface area (Å²) in [6, 6.07) is 3.12. The van der Waals surface area contributed by atoms with E-state index < -0.39 is 17.7 Å². The van der Waals surface area contributed by atoms with E-state index in [2.05, 4.69) is 10.2 Å². The number of nitrogens with two attached hydrogens (primary N) is 1. The number of aryl methyl sites for hydroxylation is 1. The van der Waals surface area contributed by atoms with Gasteiger partial charge in [0, 0.05) is 6.92 Å². The summed E-state index contributed by atoms with van der Waals surface area (Å²) < 4.78 is 30.8. The van der Waals surface area contributed by atoms with Gasteiger partial charge in [-0.25, -0.2) is 8.78 Å². The third-order valence-corrected chi connectivity index (χ3v) is 2.30. The average molecular weight is 239 g/mol. The van der Waals surface area contributed by atoms with E-state index in [-0.39, 0.29) is 5.89 Å². The van der Waals surface area contributed by atoms with Crippen LogP contribution in [0.3, 0.4) is 0 Å². The van der Waals surface area contributed by atoms with Gasteiger partial charge < -0.3 is 10.2 Å². The molecular weight excluding hydrogens is 228 g/mol. The highest BCUT2D eigenvalue weighted by molar-refractivity contribution is 5.19. The molecule has 0 amide bonds. The summed E-state index contributed by atoms with van der Waals surface area (Å²) in [6.45, 7) is 1.65. The van der Waals surface area contributed by atoms with Crippen molar-refractivity contribution in [1.82, 2.24) is 10.2 Å². The zero-order chi connectivity index (χ0) is 12.4. The van der Waals surface area contributed by atoms with Crippen LogP contribution in [0.5, 0.6) is 0 Å². The van der Waals surface area contributed by atoms with E-state index in [1.807, 2.05) is 0 Å². The SMILES string of the molecule is Cc1nnc([C@H](N)Cc2ccc(F)c(F)c2)o1. The molecule has 2 rings (SSSR count). The maximum absolute atomic E-state index is 13.0. The first-order valence-corrected chi connectivity index (χ1v) is 5.06. The Kier molecular flexibility index (Phi) is 3.14. The Morgan fingerprint density at radius 2 is 2.06 bits per heavy atom. The lowest BCUT2D eigenvalue weighted by Crippen LogP contribution is -2.14. The molecule has 0 fully saturated rings. The van der Waals surface area contributed by atoms with Crippen molar-refractivity contribution in [3.63, 3.8) is 0 Å². The largest absolute Gasteiger partial charge is 0.424 e. The highest BCUT2D eigenvalue weighted by Gasteiger charge is 2.14. The molecule has 1 atom stereocenters. The van der Waals surface area contributed by atoms with Crippen LogP contribution >= 0.6 is 0 Å². The van der Waals surface area contributed by atoms with Gasteiger partial charge in [0.25, 0.3) is 0 Å². The van der Waals surface area contributed by atoms with Gasteiger partial charge in [0.1, 0.15) is 0 Å². The molecule has 0 radical (unpaired) electrons. The van der Waals surface area contributed by atoms with Crippen LogP contribution in [0.25, 0.3) is 0 Å². The first-order chi connectivity index (χ1) is 8.06. The summed E-state index contributed by atoms with van der Waals surface area (Å²) in [6.07, 6.45) is 0.304. The molecule has 0 aliphatic rings. The Morgan fingerprint density at radius 3 is 2.65 bits per heavy atom. The van der Waals surface area contributed by atoms with Crippen molar-refractivity contribution >= 4 is 0 Å². The van der Waals surface area contributed by atoms with E-state index in [0.717, 1.165) is 12.1 Å². The summed E-state index contributed by atoms with van der Waals surface area (Å²) in [5.41, 5.74) is 6.39. The van der Waals surface area contributed by atoms with Gasteiger partial charge in [0.05, 0.1) is 6.04 Å². The van der Waals surface area contributed by atoms with Gasteiger partial charge in [-0.05, 0) is 24.1 Å². The van der Waals surface area contributed by atoms with Crippen LogP contribution in [0, 0.1) is 18.6 Å². The number of nitrogens with zero attached hydrogens (tertiary/aromatic N) is 2. The molecule has 2 aromatic rings. The van der Waals surface area contributed by atoms with Gasteiger partial charge >= 0.3 is 0 Å². The third-order valence-electron chi connectivity index (χ3n) is 2.30. The molecule has 0 saturated carbocycles. The van der Waals surface area contributed by atoms with E-state index in [4.69, 9.17) is 10.2 Å². The predicted octanol–water partition coefficient (Wildman–Crippen LogP) is 1.90. The summed E-state index contributed by atoms with van der Waals surface area (Å²) in [5.74, 6) is -1.07. The minimum Gasteiger partial charge on any atom is -0.424 e. The summed E-state index contributed by atoms with van der Waals surface area (Å²) >= 11 is 0. The van der Waals surface area contributed by atoms with Crippen molar-refractivity contribution < 1.29 is 13.2 Å². The number of benzene rings is 1. The molecule has 1 aromatic heterocycles. The first kappa shape index (κ1) is 11.7. The molecule has 0 aliphatic carbocycles. The zero-order valence-corrected chi connectivity index (χ0v) is 9.15. The van der Waals surface area contributed by atoms with Crippen molar-refractivity contribution in [2.45, 2.75) is 19.4 Å². The van der Waals surface area contributed by atoms with Crippen LogP contribution in [-0.2, 0) is 6.42 Å². The van der Waals surface area contributed by atoms with E-state index in [1.54, 1.807) is 6.92 Å². The standard InChI is InChI=1S/C11H11F2N3O/c1-6-15-16-11(17-6)10(14)5-7-2-3-8(12)9(13)4-7/h2-4,10H,5,14H2,1H3/t10-/m1/s1. The zero-order valence-electron chi connectivity index (χ0n) is 9.15. The van der Waals surface area contributed by atoms with Gasteiger partial charge in [-0.15, -0.1) is 10.2 Å². The molecular formula is C11H11F2N3O. The van der Waals surface area contributed by atoms with E-state index in [0.29, 0.717) is 17.9 Å². The van der Waals surface area contributed by atoms with Gasteiger partial charge in [-0.2, -0.15) is 0 Å². The van der Waals surface area contributed by atoms with Crippen LogP contribution in [-0.4, -0.2) is 10.2 Å². The Labute approximate surface area is 96.5 Å². The smallest absolute Gasteiger partial charge is 0.233 e. The maximum Gasteiger partial charge on any atom is 0.233 e. The van der Waals surface area contributed by atoms with E-state index in [9.17, 15) is 8.78 Å². The number of aromatic nitrogens is 2. The number of halogens is 2. The summed E-state index contributed by atoms with van der Waals surface area (Å²) in [5, 5.41) is 7.42. The van der Waals surface area contributed by atoms with Crippen LogP contribution in [0.1, 0.15) is 23.4 Å². The monoisotopic (exact) mass is 239 g/mol. The fraction of sp³-hybridized carbons (Fsp3) is 0.273. The highest BCUT2D eigenvalue weighted by atomic mass is 19.2. The maximum atomic E-state index is 13.0. The van der Waals surface area contributed by atoms with E-state index in [1.165, 1.54) is 6.07 Å². The molecule has 1 aromatic carbocycles. The number of rotatable bonds is 3. The second-order valence-electron chi connectivity index (χ2n) is 3.72. The fourth-order valence-electron chi connectivity index (χ4n) is 1.47. The van der Waals surface area contributed by atoms with Crippen molar-refractivity contribution in [2.75, 3.05) is 0 Å². The molecule has 0 bridgehead atoms. The minimum atomic E-state index is -0.892. The summed E-state index contributed by atoms with van der Waals surface area (Å²) in [4.78, 5) is 0. The second-order valence-corrected chi connectivity index (χ2v) is 3.72. The van der Waals surface area contributed by atoms with Crippen LogP contribution in [0.2, 0.25) is 0 Å². The fourth-order valence-corrected chi connectivity index (χ4v) is 1.47. The second kappa shape index (κ2) is 4.58. The first-order valence-electron chi connectivity index (χ1n) is 5.06. The average Bonchev–Trinajstić information content (AvgIpc) is 2.70. The highest BCUT2D eigenvalue weighted by Crippen LogP contribution is 2.16. The van der Waals surface area contributed by atoms with Crippen LogP contribution < -0.4 is 5.73 Å². The Morgan fingerprint density at radius 1 is 1.29 bits per heavy atom. The Hall–Kier alpha value is -1.82. The van der Waals surface area contributed by atoms with Gasteiger partial charge in [0.2, 0.25) is 11.8 Å². The molecule has 2 N–H and O–H groups in total. The molecule has 90 valence electrons. The van der Waals surface area contributed by atoms with Gasteiger partial charge in [-0.1, -0.05) is 6.07 Å². The molecule has 17 heavy (non-hydrogen) atoms. The van der Waals surface area contributed by atoms with Crippen molar-refractivity contribution in [3.05, 3.63) is 47.2 Å². The van der Waals surface area contributed by atoms with Gasteiger partial charge in [-0.3, -0.25) is 0 Å². The number of hydrogen-bond donors (Lipinski definition) is 1. The quantitative estimate of drug-likeness (QED) is 0.888. The predicted molar refractivity (Wildman–Crippen MR) is 56.0 cm³/mol. The van der Waals surface area contributed by atoms with Crippen LogP contribution in [0.4, 0.5) is 8.78 Å². The lowest BCUT2D eigenvalue weighted by molar-refractivity contribution is 0.428. The normalized spacial score (nSPS) is 12.7. The minimum absolute atomic E-state index is 0.284. The molecule has 4 nitrogen and oxygen atoms in total. The molecule has 0 unspecified atom stereocenters. The number of hydrogen-bond acceptors (Lipinski definition) is 4. The van der Waals surface area contributed by atoms with Gasteiger partial charge in [0.15, 0.2) is 11.6 Å². The molecule has 0 spiro atoms. The van der Waals surface area contributed by atoms with Crippen molar-refractivity contribution in [3.8, 4) is 0 Å². The van der Waals surface area contributed by atoms with Crippen molar-refractivity contribution in [2.24, 2.45) is 5.73 Å². The lowest BCUT2D eigenvalue weighted by Gasteiger charge is -2.07. The Bertz CT molecular complexity index is 527. The Balaban J connectivity index is 2.12. The third kappa shape index (κ3) is 2.65. The molecule has 1 heterocycles.